The van der Waals surface area contributed by atoms with E-state index in [9.17, 15) is 0 Å². The van der Waals surface area contributed by atoms with Crippen LogP contribution in [0.25, 0.3) is 0 Å². The van der Waals surface area contributed by atoms with Crippen LogP contribution in [0.2, 0.25) is 0 Å². The predicted molar refractivity (Wildman–Crippen MR) is 162 cm³/mol. The zero-order valence-electron chi connectivity index (χ0n) is 23.5. The molecule has 1 aliphatic carbocycles. The number of allylic oxidation sites excluding steroid dienone is 7. The van der Waals surface area contributed by atoms with Gasteiger partial charge in [-0.05, 0) is 83.7 Å². The average molecular weight is 519 g/mol. The summed E-state index contributed by atoms with van der Waals surface area (Å²) >= 11 is 1.81. The summed E-state index contributed by atoms with van der Waals surface area (Å²) in [6, 6.07) is 5.58. The van der Waals surface area contributed by atoms with Gasteiger partial charge in [0.1, 0.15) is 5.82 Å². The Morgan fingerprint density at radius 2 is 2.03 bits per heavy atom. The standard InChI is InChI=1S/C33H43FN2S/c1-9-12-28-18-30(25(7)36-17-16-26(11-3)29(13-10-2)22-37-36)19-31(24(28)6)21-35(8)33-15-14-27(23(4)5)20-32(33)34/h10-11,13-15,18-21,23-24H,3,7,9,12,16-17,22H2,1-2,4-6,8H3/b13-10-,31-21-. The Morgan fingerprint density at radius 1 is 1.27 bits per heavy atom. The number of hydrogen-bond acceptors (Lipinski definition) is 3. The second kappa shape index (κ2) is 13.2. The summed E-state index contributed by atoms with van der Waals surface area (Å²) in [5, 5.41) is 0. The van der Waals surface area contributed by atoms with E-state index in [0.29, 0.717) is 11.6 Å². The van der Waals surface area contributed by atoms with Crippen molar-refractivity contribution in [3.63, 3.8) is 0 Å². The highest BCUT2D eigenvalue weighted by Gasteiger charge is 2.23. The molecule has 1 aromatic rings. The zero-order valence-corrected chi connectivity index (χ0v) is 24.3. The Kier molecular flexibility index (Phi) is 10.3. The van der Waals surface area contributed by atoms with Crippen molar-refractivity contribution in [1.29, 1.82) is 0 Å². The molecule has 0 N–H and O–H groups in total. The maximum absolute atomic E-state index is 15.0. The van der Waals surface area contributed by atoms with Crippen molar-refractivity contribution in [2.75, 3.05) is 24.2 Å². The minimum absolute atomic E-state index is 0.185. The molecule has 3 rings (SSSR count). The lowest BCUT2D eigenvalue weighted by molar-refractivity contribution is 0.589. The molecule has 2 aliphatic rings. The Balaban J connectivity index is 1.91. The van der Waals surface area contributed by atoms with Gasteiger partial charge < -0.3 is 9.21 Å². The van der Waals surface area contributed by atoms with Gasteiger partial charge in [0.15, 0.2) is 0 Å². The van der Waals surface area contributed by atoms with Crippen molar-refractivity contribution in [2.24, 2.45) is 5.92 Å². The molecule has 1 aliphatic heterocycles. The van der Waals surface area contributed by atoms with Gasteiger partial charge in [0.25, 0.3) is 0 Å². The van der Waals surface area contributed by atoms with E-state index in [4.69, 9.17) is 0 Å². The molecule has 0 fully saturated rings. The third-order valence-electron chi connectivity index (χ3n) is 7.24. The van der Waals surface area contributed by atoms with Gasteiger partial charge in [-0.2, -0.15) is 0 Å². The second-order valence-corrected chi connectivity index (χ2v) is 11.2. The van der Waals surface area contributed by atoms with Crippen molar-refractivity contribution in [3.05, 3.63) is 113 Å². The molecular formula is C33H43FN2S. The molecular weight excluding hydrogens is 475 g/mol. The van der Waals surface area contributed by atoms with Gasteiger partial charge in [-0.1, -0.05) is 83.2 Å². The lowest BCUT2D eigenvalue weighted by Gasteiger charge is -2.30. The molecule has 0 spiro atoms. The van der Waals surface area contributed by atoms with E-state index in [0.717, 1.165) is 48.4 Å². The molecule has 1 unspecified atom stereocenters. The predicted octanol–water partition coefficient (Wildman–Crippen LogP) is 9.50. The minimum Gasteiger partial charge on any atom is -0.348 e. The SMILES string of the molecule is C=CC1=C(/C=C\C)CSN(C(=C)C2=C/C(=C/N(C)c3ccc(C(C)C)cc3F)C(C)C(CCC)=C2)CC1. The first-order valence-corrected chi connectivity index (χ1v) is 14.4. The fourth-order valence-corrected chi connectivity index (χ4v) is 5.93. The minimum atomic E-state index is -0.185. The van der Waals surface area contributed by atoms with Gasteiger partial charge in [0, 0.05) is 37.2 Å². The maximum atomic E-state index is 15.0. The van der Waals surface area contributed by atoms with Crippen LogP contribution in [0.5, 0.6) is 0 Å². The lowest BCUT2D eigenvalue weighted by atomic mass is 9.83. The fraction of sp³-hybridized carbons (Fsp3) is 0.394. The van der Waals surface area contributed by atoms with E-state index >= 15 is 4.39 Å². The number of halogens is 1. The number of rotatable bonds is 9. The molecule has 1 atom stereocenters. The van der Waals surface area contributed by atoms with Crippen molar-refractivity contribution in [3.8, 4) is 0 Å². The Hall–Kier alpha value is -2.72. The number of benzene rings is 1. The van der Waals surface area contributed by atoms with Crippen LogP contribution in [0.3, 0.4) is 0 Å². The van der Waals surface area contributed by atoms with Crippen molar-refractivity contribution in [2.45, 2.75) is 59.8 Å². The fourth-order valence-electron chi connectivity index (χ4n) is 4.87. The largest absolute Gasteiger partial charge is 0.348 e. The van der Waals surface area contributed by atoms with Crippen LogP contribution in [0.1, 0.15) is 65.4 Å². The number of nitrogens with zero attached hydrogens (tertiary/aromatic N) is 2. The quantitative estimate of drug-likeness (QED) is 0.301. The Labute approximate surface area is 228 Å². The average Bonchev–Trinajstić information content (AvgIpc) is 3.08. The molecule has 4 heteroatoms. The zero-order chi connectivity index (χ0) is 27.1. The number of anilines is 1. The smallest absolute Gasteiger partial charge is 0.147 e. The monoisotopic (exact) mass is 518 g/mol. The first-order chi connectivity index (χ1) is 17.7. The van der Waals surface area contributed by atoms with E-state index in [1.165, 1.54) is 22.3 Å². The maximum Gasteiger partial charge on any atom is 0.147 e. The first kappa shape index (κ1) is 28.8. The summed E-state index contributed by atoms with van der Waals surface area (Å²) in [5.74, 6) is 1.28. The van der Waals surface area contributed by atoms with Crippen molar-refractivity contribution >= 4 is 17.6 Å². The molecule has 2 nitrogen and oxygen atoms in total. The van der Waals surface area contributed by atoms with E-state index in [2.05, 4.69) is 82.6 Å². The highest BCUT2D eigenvalue weighted by molar-refractivity contribution is 7.97. The van der Waals surface area contributed by atoms with Gasteiger partial charge in [0.2, 0.25) is 0 Å². The number of hydrogen-bond donors (Lipinski definition) is 0. The molecule has 0 amide bonds. The van der Waals surface area contributed by atoms with Crippen molar-refractivity contribution in [1.82, 2.24) is 4.31 Å². The van der Waals surface area contributed by atoms with Crippen LogP contribution in [-0.2, 0) is 0 Å². The molecule has 0 aromatic heterocycles. The van der Waals surface area contributed by atoms with E-state index in [1.807, 2.05) is 42.1 Å². The topological polar surface area (TPSA) is 6.48 Å². The molecule has 0 radical (unpaired) electrons. The molecule has 1 heterocycles. The van der Waals surface area contributed by atoms with Gasteiger partial charge >= 0.3 is 0 Å². The summed E-state index contributed by atoms with van der Waals surface area (Å²) in [4.78, 5) is 1.92. The molecule has 0 saturated carbocycles. The summed E-state index contributed by atoms with van der Waals surface area (Å²) in [6.45, 7) is 20.2. The summed E-state index contributed by atoms with van der Waals surface area (Å²) < 4.78 is 17.3. The highest BCUT2D eigenvalue weighted by atomic mass is 32.2. The van der Waals surface area contributed by atoms with E-state index in [-0.39, 0.29) is 11.7 Å². The van der Waals surface area contributed by atoms with Crippen LogP contribution in [0.15, 0.2) is 101 Å². The normalized spacial score (nSPS) is 19.8. The summed E-state index contributed by atoms with van der Waals surface area (Å²) in [7, 11) is 1.93. The van der Waals surface area contributed by atoms with Crippen LogP contribution >= 0.6 is 11.9 Å². The highest BCUT2D eigenvalue weighted by Crippen LogP contribution is 2.38. The lowest BCUT2D eigenvalue weighted by Crippen LogP contribution is -2.20. The molecule has 198 valence electrons. The second-order valence-electron chi connectivity index (χ2n) is 10.2. The van der Waals surface area contributed by atoms with Crippen LogP contribution in [0, 0.1) is 11.7 Å². The third-order valence-corrected chi connectivity index (χ3v) is 8.39. The van der Waals surface area contributed by atoms with Crippen LogP contribution in [0.4, 0.5) is 10.1 Å². The summed E-state index contributed by atoms with van der Waals surface area (Å²) in [6.07, 6.45) is 16.0. The molecule has 0 bridgehead atoms. The van der Waals surface area contributed by atoms with Gasteiger partial charge in [-0.3, -0.25) is 0 Å². The Morgan fingerprint density at radius 3 is 2.65 bits per heavy atom. The first-order valence-electron chi connectivity index (χ1n) is 13.4. The van der Waals surface area contributed by atoms with Gasteiger partial charge in [-0.15, -0.1) is 0 Å². The van der Waals surface area contributed by atoms with E-state index in [1.54, 1.807) is 6.07 Å². The summed E-state index contributed by atoms with van der Waals surface area (Å²) in [5.41, 5.74) is 8.98. The van der Waals surface area contributed by atoms with Gasteiger partial charge in [-0.25, -0.2) is 4.39 Å². The Bertz CT molecular complexity index is 1160. The van der Waals surface area contributed by atoms with Gasteiger partial charge in [0.05, 0.1) is 5.69 Å². The van der Waals surface area contributed by atoms with Crippen molar-refractivity contribution < 1.29 is 4.39 Å². The van der Waals surface area contributed by atoms with Crippen LogP contribution in [-0.4, -0.2) is 23.7 Å². The third kappa shape index (κ3) is 6.98. The molecule has 0 saturated heterocycles. The molecule has 1 aromatic carbocycles. The van der Waals surface area contributed by atoms with E-state index < -0.39 is 0 Å². The van der Waals surface area contributed by atoms with Crippen LogP contribution < -0.4 is 4.90 Å². The molecule has 37 heavy (non-hydrogen) atoms.